The number of anilines is 1. The maximum absolute atomic E-state index is 12.6. The summed E-state index contributed by atoms with van der Waals surface area (Å²) in [6, 6.07) is 11.0. The first kappa shape index (κ1) is 21.6. The molecular weight excluding hydrogens is 400 g/mol. The molecule has 0 bridgehead atoms. The SMILES string of the molecule is COc1cn(CC(=O)Nc2cccc(C)c2)c(CSc2nc(C)cc(C)n2)cc1=O. The van der Waals surface area contributed by atoms with Crippen LogP contribution in [-0.4, -0.2) is 27.6 Å². The standard InChI is InChI=1S/C22H24N4O3S/c1-14-6-5-7-17(8-14)25-21(28)12-26-11-20(29-4)19(27)10-18(26)13-30-22-23-15(2)9-16(3)24-22/h5-11H,12-13H2,1-4H3,(H,25,28). The van der Waals surface area contributed by atoms with Crippen molar-refractivity contribution in [3.63, 3.8) is 0 Å². The number of hydrogen-bond donors (Lipinski definition) is 1. The number of amides is 1. The molecule has 0 saturated heterocycles. The van der Waals surface area contributed by atoms with Crippen LogP contribution < -0.4 is 15.5 Å². The largest absolute Gasteiger partial charge is 0.491 e. The number of nitrogens with zero attached hydrogens (tertiary/aromatic N) is 3. The van der Waals surface area contributed by atoms with E-state index in [2.05, 4.69) is 15.3 Å². The van der Waals surface area contributed by atoms with Crippen LogP contribution in [0.5, 0.6) is 5.75 Å². The molecule has 0 spiro atoms. The maximum Gasteiger partial charge on any atom is 0.244 e. The van der Waals surface area contributed by atoms with E-state index in [4.69, 9.17) is 4.74 Å². The number of hydrogen-bond acceptors (Lipinski definition) is 6. The summed E-state index contributed by atoms with van der Waals surface area (Å²) in [7, 11) is 1.44. The van der Waals surface area contributed by atoms with Gasteiger partial charge in [-0.25, -0.2) is 9.97 Å². The van der Waals surface area contributed by atoms with Crippen LogP contribution in [0.15, 0.2) is 52.5 Å². The molecule has 30 heavy (non-hydrogen) atoms. The maximum atomic E-state index is 12.6. The zero-order chi connectivity index (χ0) is 21.7. The molecule has 1 amide bonds. The Bertz CT molecular complexity index is 1110. The summed E-state index contributed by atoms with van der Waals surface area (Å²) in [5, 5.41) is 3.52. The number of methoxy groups -OCH3 is 1. The number of aryl methyl sites for hydroxylation is 3. The number of pyridine rings is 1. The first-order chi connectivity index (χ1) is 14.3. The van der Waals surface area contributed by atoms with E-state index in [0.717, 1.165) is 22.6 Å². The quantitative estimate of drug-likeness (QED) is 0.461. The molecule has 0 fully saturated rings. The second-order valence-electron chi connectivity index (χ2n) is 6.96. The van der Waals surface area contributed by atoms with Gasteiger partial charge in [0.05, 0.1) is 13.3 Å². The van der Waals surface area contributed by atoms with Crippen molar-refractivity contribution in [2.75, 3.05) is 12.4 Å². The lowest BCUT2D eigenvalue weighted by molar-refractivity contribution is -0.116. The lowest BCUT2D eigenvalue weighted by atomic mass is 10.2. The fourth-order valence-electron chi connectivity index (χ4n) is 2.99. The molecule has 0 aliphatic heterocycles. The van der Waals surface area contributed by atoms with Crippen molar-refractivity contribution in [1.82, 2.24) is 14.5 Å². The molecule has 1 N–H and O–H groups in total. The summed E-state index contributed by atoms with van der Waals surface area (Å²) >= 11 is 1.42. The molecule has 0 unspecified atom stereocenters. The van der Waals surface area contributed by atoms with Crippen LogP contribution in [0, 0.1) is 20.8 Å². The van der Waals surface area contributed by atoms with Gasteiger partial charge >= 0.3 is 0 Å². The molecule has 0 radical (unpaired) electrons. The van der Waals surface area contributed by atoms with Gasteiger partial charge in [0.2, 0.25) is 11.3 Å². The number of aromatic nitrogens is 3. The van der Waals surface area contributed by atoms with E-state index >= 15 is 0 Å². The van der Waals surface area contributed by atoms with Gasteiger partial charge in [-0.2, -0.15) is 0 Å². The highest BCUT2D eigenvalue weighted by molar-refractivity contribution is 7.98. The molecule has 1 aromatic carbocycles. The van der Waals surface area contributed by atoms with Crippen molar-refractivity contribution in [3.8, 4) is 5.75 Å². The highest BCUT2D eigenvalue weighted by atomic mass is 32.2. The Morgan fingerprint density at radius 2 is 1.87 bits per heavy atom. The van der Waals surface area contributed by atoms with Gasteiger partial charge in [-0.3, -0.25) is 9.59 Å². The number of carbonyl (C=O) groups excluding carboxylic acids is 1. The van der Waals surface area contributed by atoms with Crippen LogP contribution in [0.4, 0.5) is 5.69 Å². The van der Waals surface area contributed by atoms with E-state index in [1.54, 1.807) is 10.8 Å². The summed E-state index contributed by atoms with van der Waals surface area (Å²) in [6.07, 6.45) is 1.57. The van der Waals surface area contributed by atoms with E-state index in [9.17, 15) is 9.59 Å². The van der Waals surface area contributed by atoms with Crippen LogP contribution >= 0.6 is 11.8 Å². The van der Waals surface area contributed by atoms with Crippen molar-refractivity contribution in [3.05, 3.63) is 75.5 Å². The van der Waals surface area contributed by atoms with E-state index in [1.807, 2.05) is 51.1 Å². The Morgan fingerprint density at radius 3 is 2.53 bits per heavy atom. The minimum Gasteiger partial charge on any atom is -0.491 e. The van der Waals surface area contributed by atoms with Gasteiger partial charge in [0, 0.05) is 34.6 Å². The van der Waals surface area contributed by atoms with Crippen molar-refractivity contribution in [2.45, 2.75) is 38.2 Å². The fourth-order valence-corrected chi connectivity index (χ4v) is 3.94. The number of carbonyl (C=O) groups is 1. The first-order valence-electron chi connectivity index (χ1n) is 9.43. The molecule has 2 heterocycles. The van der Waals surface area contributed by atoms with E-state index in [-0.39, 0.29) is 23.6 Å². The molecule has 0 aliphatic carbocycles. The van der Waals surface area contributed by atoms with Crippen LogP contribution in [0.1, 0.15) is 22.6 Å². The van der Waals surface area contributed by atoms with Gasteiger partial charge in [0.1, 0.15) is 6.54 Å². The highest BCUT2D eigenvalue weighted by Crippen LogP contribution is 2.21. The molecule has 0 saturated carbocycles. The minimum absolute atomic E-state index is 0.0498. The minimum atomic E-state index is -0.232. The van der Waals surface area contributed by atoms with Gasteiger partial charge in [-0.05, 0) is 44.5 Å². The van der Waals surface area contributed by atoms with Gasteiger partial charge in [-0.1, -0.05) is 23.9 Å². The summed E-state index contributed by atoms with van der Waals surface area (Å²) in [4.78, 5) is 33.7. The molecular formula is C22H24N4O3S. The molecule has 8 heteroatoms. The van der Waals surface area contributed by atoms with Crippen LogP contribution in [0.3, 0.4) is 0 Å². The molecule has 0 atom stereocenters. The first-order valence-corrected chi connectivity index (χ1v) is 10.4. The fraction of sp³-hybridized carbons (Fsp3) is 0.273. The van der Waals surface area contributed by atoms with Gasteiger partial charge in [-0.15, -0.1) is 0 Å². The van der Waals surface area contributed by atoms with Gasteiger partial charge < -0.3 is 14.6 Å². The lowest BCUT2D eigenvalue weighted by Crippen LogP contribution is -2.22. The number of thioether (sulfide) groups is 1. The normalized spacial score (nSPS) is 10.7. The average Bonchev–Trinajstić information content (AvgIpc) is 2.67. The zero-order valence-electron chi connectivity index (χ0n) is 17.4. The number of rotatable bonds is 7. The van der Waals surface area contributed by atoms with E-state index in [1.165, 1.54) is 24.9 Å². The third-order valence-electron chi connectivity index (χ3n) is 4.33. The van der Waals surface area contributed by atoms with Crippen molar-refractivity contribution in [2.24, 2.45) is 0 Å². The average molecular weight is 425 g/mol. The van der Waals surface area contributed by atoms with E-state index in [0.29, 0.717) is 16.6 Å². The third kappa shape index (κ3) is 5.70. The lowest BCUT2D eigenvalue weighted by Gasteiger charge is -2.15. The topological polar surface area (TPSA) is 86.1 Å². The van der Waals surface area contributed by atoms with Crippen LogP contribution in [-0.2, 0) is 17.1 Å². The molecule has 7 nitrogen and oxygen atoms in total. The third-order valence-corrected chi connectivity index (χ3v) is 5.21. The highest BCUT2D eigenvalue weighted by Gasteiger charge is 2.12. The van der Waals surface area contributed by atoms with Gasteiger partial charge in [0.15, 0.2) is 10.9 Å². The summed E-state index contributed by atoms with van der Waals surface area (Å²) in [5.41, 5.74) is 4.01. The van der Waals surface area contributed by atoms with Crippen LogP contribution in [0.25, 0.3) is 0 Å². The number of benzene rings is 1. The Balaban J connectivity index is 1.81. The second-order valence-corrected chi connectivity index (χ2v) is 7.91. The van der Waals surface area contributed by atoms with Crippen molar-refractivity contribution < 1.29 is 9.53 Å². The van der Waals surface area contributed by atoms with Gasteiger partial charge in [0.25, 0.3) is 0 Å². The van der Waals surface area contributed by atoms with Crippen molar-refractivity contribution in [1.29, 1.82) is 0 Å². The predicted octanol–water partition coefficient (Wildman–Crippen LogP) is 3.50. The van der Waals surface area contributed by atoms with E-state index < -0.39 is 0 Å². The molecule has 3 rings (SSSR count). The Kier molecular flexibility index (Phi) is 6.89. The second kappa shape index (κ2) is 9.58. The smallest absolute Gasteiger partial charge is 0.244 e. The van der Waals surface area contributed by atoms with Crippen molar-refractivity contribution >= 4 is 23.4 Å². The Hall–Kier alpha value is -3.13. The number of nitrogens with one attached hydrogen (secondary N) is 1. The Labute approximate surface area is 179 Å². The summed E-state index contributed by atoms with van der Waals surface area (Å²) < 4.78 is 6.88. The molecule has 0 aliphatic rings. The summed E-state index contributed by atoms with van der Waals surface area (Å²) in [6.45, 7) is 5.84. The van der Waals surface area contributed by atoms with Crippen LogP contribution in [0.2, 0.25) is 0 Å². The molecule has 156 valence electrons. The molecule has 2 aromatic heterocycles. The zero-order valence-corrected chi connectivity index (χ0v) is 18.2. The molecule has 3 aromatic rings. The number of ether oxygens (including phenoxy) is 1. The Morgan fingerprint density at radius 1 is 1.13 bits per heavy atom. The summed E-state index contributed by atoms with van der Waals surface area (Å²) in [5.74, 6) is 0.440. The monoisotopic (exact) mass is 424 g/mol. The predicted molar refractivity (Wildman–Crippen MR) is 118 cm³/mol.